The summed E-state index contributed by atoms with van der Waals surface area (Å²) in [6.07, 6.45) is 0.0731. The van der Waals surface area contributed by atoms with E-state index in [-0.39, 0.29) is 12.5 Å². The summed E-state index contributed by atoms with van der Waals surface area (Å²) in [6, 6.07) is 0. The van der Waals surface area contributed by atoms with Gasteiger partial charge in [0, 0.05) is 13.7 Å². The van der Waals surface area contributed by atoms with Gasteiger partial charge in [-0.1, -0.05) is 6.92 Å². The summed E-state index contributed by atoms with van der Waals surface area (Å²) < 4.78 is 21.8. The normalized spacial score (nSPS) is 16.4. The predicted octanol–water partition coefficient (Wildman–Crippen LogP) is 1.82. The van der Waals surface area contributed by atoms with Crippen LogP contribution in [0.4, 0.5) is 0 Å². The Kier molecular flexibility index (Phi) is 5.76. The Morgan fingerprint density at radius 2 is 2.08 bits per heavy atom. The van der Waals surface area contributed by atoms with Gasteiger partial charge < -0.3 is 9.26 Å². The minimum atomic E-state index is -2.75. The molecule has 0 heterocycles. The summed E-state index contributed by atoms with van der Waals surface area (Å²) in [5, 5.41) is 2.80. The second-order valence-corrected chi connectivity index (χ2v) is 4.89. The van der Waals surface area contributed by atoms with Gasteiger partial charge in [0.05, 0.1) is 6.10 Å². The Labute approximate surface area is 74.1 Å². The summed E-state index contributed by atoms with van der Waals surface area (Å²) >= 11 is 0. The third-order valence-electron chi connectivity index (χ3n) is 1.08. The quantitative estimate of drug-likeness (QED) is 0.657. The maximum absolute atomic E-state index is 11.8. The molecule has 0 rings (SSSR count). The molecule has 12 heavy (non-hydrogen) atoms. The minimum absolute atomic E-state index is 0.0509. The van der Waals surface area contributed by atoms with Gasteiger partial charge in [0.15, 0.2) is 0 Å². The van der Waals surface area contributed by atoms with E-state index >= 15 is 0 Å². The van der Waals surface area contributed by atoms with Crippen molar-refractivity contribution in [3.8, 4) is 0 Å². The molecular weight excluding hydrogens is 177 g/mol. The Morgan fingerprint density at radius 1 is 1.50 bits per heavy atom. The zero-order chi connectivity index (χ0) is 9.61. The molecule has 0 saturated heterocycles. The van der Waals surface area contributed by atoms with Gasteiger partial charge in [0.2, 0.25) is 0 Å². The first-order valence-electron chi connectivity index (χ1n) is 4.05. The van der Waals surface area contributed by atoms with Crippen molar-refractivity contribution < 1.29 is 13.8 Å². The van der Waals surface area contributed by atoms with Crippen molar-refractivity contribution in [1.29, 1.82) is 0 Å². The number of ether oxygens (including phenoxy) is 1. The van der Waals surface area contributed by atoms with Gasteiger partial charge in [0.25, 0.3) is 7.52 Å². The first kappa shape index (κ1) is 12.1. The highest BCUT2D eigenvalue weighted by Crippen LogP contribution is 2.42. The van der Waals surface area contributed by atoms with E-state index < -0.39 is 7.52 Å². The Balaban J connectivity index is 4.08. The highest BCUT2D eigenvalue weighted by atomic mass is 31.2. The van der Waals surface area contributed by atoms with Crippen LogP contribution in [0.1, 0.15) is 20.8 Å². The third kappa shape index (κ3) is 4.88. The van der Waals surface area contributed by atoms with Gasteiger partial charge in [-0.05, 0) is 13.8 Å². The van der Waals surface area contributed by atoms with E-state index in [0.29, 0.717) is 6.54 Å². The molecule has 0 spiro atoms. The highest BCUT2D eigenvalue weighted by molar-refractivity contribution is 7.56. The second kappa shape index (κ2) is 5.70. The predicted molar refractivity (Wildman–Crippen MR) is 49.4 cm³/mol. The van der Waals surface area contributed by atoms with Crippen molar-refractivity contribution in [3.05, 3.63) is 0 Å². The smallest absolute Gasteiger partial charge is 0.295 e. The van der Waals surface area contributed by atoms with Crippen LogP contribution in [0.5, 0.6) is 0 Å². The fraction of sp³-hybridized carbons (Fsp3) is 1.00. The van der Waals surface area contributed by atoms with Gasteiger partial charge in [-0.3, -0.25) is 4.57 Å². The molecule has 1 unspecified atom stereocenters. The molecule has 4 nitrogen and oxygen atoms in total. The van der Waals surface area contributed by atoms with E-state index in [4.69, 9.17) is 9.26 Å². The monoisotopic (exact) mass is 195 g/mol. The van der Waals surface area contributed by atoms with Crippen LogP contribution in [0.15, 0.2) is 0 Å². The number of hydrogen-bond acceptors (Lipinski definition) is 3. The lowest BCUT2D eigenvalue weighted by molar-refractivity contribution is 0.191. The Bertz CT molecular complexity index is 151. The lowest BCUT2D eigenvalue weighted by Gasteiger charge is -2.20. The number of methoxy groups -OCH3 is 1. The van der Waals surface area contributed by atoms with E-state index in [1.54, 1.807) is 0 Å². The average molecular weight is 195 g/mol. The largest absolute Gasteiger partial charge is 0.373 e. The molecule has 0 bridgehead atoms. The van der Waals surface area contributed by atoms with E-state index in [2.05, 4.69) is 5.09 Å². The topological polar surface area (TPSA) is 47.6 Å². The lowest BCUT2D eigenvalue weighted by atomic mass is 10.5. The minimum Gasteiger partial charge on any atom is -0.373 e. The third-order valence-corrected chi connectivity index (χ3v) is 3.24. The first-order chi connectivity index (χ1) is 5.54. The van der Waals surface area contributed by atoms with Gasteiger partial charge in [-0.2, -0.15) is 0 Å². The van der Waals surface area contributed by atoms with E-state index in [1.165, 1.54) is 7.11 Å². The van der Waals surface area contributed by atoms with Crippen LogP contribution < -0.4 is 5.09 Å². The molecule has 0 aliphatic heterocycles. The standard InChI is InChI=1S/C7H18NO3P/c1-5-8-12(9,6-10-4)11-7(2)3/h7H,5-6H2,1-4H3,(H,8,9). The Hall–Kier alpha value is 0.110. The summed E-state index contributed by atoms with van der Waals surface area (Å²) in [4.78, 5) is 0. The molecule has 0 radical (unpaired) electrons. The number of rotatable bonds is 6. The average Bonchev–Trinajstić information content (AvgIpc) is 1.85. The molecule has 0 aliphatic carbocycles. The molecule has 0 saturated carbocycles. The molecule has 0 amide bonds. The second-order valence-electron chi connectivity index (χ2n) is 2.76. The number of nitrogens with one attached hydrogen (secondary N) is 1. The summed E-state index contributed by atoms with van der Waals surface area (Å²) in [5.74, 6) is 0. The summed E-state index contributed by atoms with van der Waals surface area (Å²) in [6.45, 7) is 6.19. The van der Waals surface area contributed by atoms with Gasteiger partial charge >= 0.3 is 0 Å². The van der Waals surface area contributed by atoms with Crippen molar-refractivity contribution in [1.82, 2.24) is 5.09 Å². The maximum Gasteiger partial charge on any atom is 0.295 e. The molecule has 0 aromatic heterocycles. The van der Waals surface area contributed by atoms with Gasteiger partial charge in [-0.25, -0.2) is 5.09 Å². The molecule has 0 aromatic rings. The fourth-order valence-electron chi connectivity index (χ4n) is 0.865. The van der Waals surface area contributed by atoms with Crippen molar-refractivity contribution >= 4 is 7.52 Å². The zero-order valence-corrected chi connectivity index (χ0v) is 9.06. The number of hydrogen-bond donors (Lipinski definition) is 1. The molecule has 1 N–H and O–H groups in total. The fourth-order valence-corrected chi connectivity index (χ4v) is 2.59. The van der Waals surface area contributed by atoms with Crippen LogP contribution in [0.3, 0.4) is 0 Å². The lowest BCUT2D eigenvalue weighted by Crippen LogP contribution is -2.17. The van der Waals surface area contributed by atoms with Crippen molar-refractivity contribution in [3.63, 3.8) is 0 Å². The maximum atomic E-state index is 11.8. The molecule has 0 aliphatic rings. The van der Waals surface area contributed by atoms with Crippen LogP contribution >= 0.6 is 7.52 Å². The first-order valence-corrected chi connectivity index (χ1v) is 5.86. The molecule has 74 valence electrons. The Morgan fingerprint density at radius 3 is 2.42 bits per heavy atom. The van der Waals surface area contributed by atoms with Crippen molar-refractivity contribution in [2.45, 2.75) is 26.9 Å². The van der Waals surface area contributed by atoms with Gasteiger partial charge in [0.1, 0.15) is 6.35 Å². The summed E-state index contributed by atoms with van der Waals surface area (Å²) in [7, 11) is -1.24. The summed E-state index contributed by atoms with van der Waals surface area (Å²) in [5.41, 5.74) is 0. The molecule has 0 aromatic carbocycles. The van der Waals surface area contributed by atoms with Crippen LogP contribution in [0, 0.1) is 0 Å². The SMILES string of the molecule is CCNP(=O)(COC)OC(C)C. The van der Waals surface area contributed by atoms with Crippen LogP contribution in [0.25, 0.3) is 0 Å². The van der Waals surface area contributed by atoms with E-state index in [9.17, 15) is 4.57 Å². The molecule has 1 atom stereocenters. The molecular formula is C7H18NO3P. The van der Waals surface area contributed by atoms with E-state index in [1.807, 2.05) is 20.8 Å². The molecule has 0 fully saturated rings. The van der Waals surface area contributed by atoms with Crippen LogP contribution in [-0.2, 0) is 13.8 Å². The van der Waals surface area contributed by atoms with Gasteiger partial charge in [-0.15, -0.1) is 0 Å². The van der Waals surface area contributed by atoms with Crippen LogP contribution in [-0.4, -0.2) is 26.1 Å². The van der Waals surface area contributed by atoms with Crippen molar-refractivity contribution in [2.75, 3.05) is 20.0 Å². The highest BCUT2D eigenvalue weighted by Gasteiger charge is 2.22. The molecule has 5 heteroatoms. The zero-order valence-electron chi connectivity index (χ0n) is 8.16. The van der Waals surface area contributed by atoms with Crippen molar-refractivity contribution in [2.24, 2.45) is 0 Å². The van der Waals surface area contributed by atoms with Crippen LogP contribution in [0.2, 0.25) is 0 Å². The van der Waals surface area contributed by atoms with E-state index in [0.717, 1.165) is 0 Å².